The van der Waals surface area contributed by atoms with Crippen LogP contribution in [-0.2, 0) is 0 Å². The Hall–Kier alpha value is -10.9. The molecule has 2 heterocycles. The fraction of sp³-hybridized carbons (Fsp3) is 0. The van der Waals surface area contributed by atoms with Crippen LogP contribution in [0.25, 0.3) is 77.4 Å². The second-order valence-electron chi connectivity index (χ2n) is 18.0. The summed E-state index contributed by atoms with van der Waals surface area (Å²) in [4.78, 5) is 18.1. The lowest BCUT2D eigenvalue weighted by atomic mass is 9.97. The minimum atomic E-state index is 0.514. The first-order chi connectivity index (χ1) is 37.0. The van der Waals surface area contributed by atoms with E-state index in [0.717, 1.165) is 95.1 Å². The molecule has 0 atom stereocenters. The molecule has 2 aromatic heterocycles. The molecule has 0 fully saturated rings. The highest BCUT2D eigenvalue weighted by Gasteiger charge is 2.21. The van der Waals surface area contributed by atoms with E-state index in [-0.39, 0.29) is 0 Å². The molecule has 0 aliphatic carbocycles. The van der Waals surface area contributed by atoms with Gasteiger partial charge in [-0.25, -0.2) is 14.8 Å². The van der Waals surface area contributed by atoms with Gasteiger partial charge in [0.05, 0.1) is 52.3 Å². The highest BCUT2D eigenvalue weighted by molar-refractivity contribution is 6.12. The molecular formula is C67H42N8. The third kappa shape index (κ3) is 8.76. The highest BCUT2D eigenvalue weighted by atomic mass is 15.1. The van der Waals surface area contributed by atoms with E-state index in [1.807, 2.05) is 164 Å². The van der Waals surface area contributed by atoms with Crippen LogP contribution < -0.4 is 9.80 Å². The molecule has 0 aliphatic heterocycles. The summed E-state index contributed by atoms with van der Waals surface area (Å²) in [6.45, 7) is 7.61. The van der Waals surface area contributed by atoms with Gasteiger partial charge in [0.1, 0.15) is 0 Å². The molecule has 8 nitrogen and oxygen atoms in total. The number of benzene rings is 10. The van der Waals surface area contributed by atoms with Crippen molar-refractivity contribution in [1.82, 2.24) is 14.5 Å². The molecule has 12 rings (SSSR count). The first-order valence-corrected chi connectivity index (χ1v) is 24.4. The average Bonchev–Trinajstić information content (AvgIpc) is 3.83. The molecule has 0 bridgehead atoms. The summed E-state index contributed by atoms with van der Waals surface area (Å²) in [7, 11) is 0. The molecular weight excluding hydrogens is 917 g/mol. The van der Waals surface area contributed by atoms with Gasteiger partial charge in [0.25, 0.3) is 0 Å². The smallest absolute Gasteiger partial charge is 0.187 e. The highest BCUT2D eigenvalue weighted by Crippen LogP contribution is 2.43. The third-order valence-electron chi connectivity index (χ3n) is 13.5. The number of fused-ring (bicyclic) bond motifs is 3. The number of hydrogen-bond acceptors (Lipinski definition) is 6. The van der Waals surface area contributed by atoms with Crippen LogP contribution in [0.1, 0.15) is 11.1 Å². The van der Waals surface area contributed by atoms with Gasteiger partial charge in [-0.05, 0) is 132 Å². The van der Waals surface area contributed by atoms with E-state index in [1.165, 1.54) is 0 Å². The Labute approximate surface area is 434 Å². The van der Waals surface area contributed by atoms with Gasteiger partial charge in [0.2, 0.25) is 0 Å². The molecule has 0 saturated carbocycles. The summed E-state index contributed by atoms with van der Waals surface area (Å²) in [6, 6.07) is 90.3. The average molecular weight is 959 g/mol. The summed E-state index contributed by atoms with van der Waals surface area (Å²) >= 11 is 0. The number of rotatable bonds is 11. The SMILES string of the molecule is [C-]#[N+]c1ccc(N(c2ccccc2)c2ccc3c(c2)c2cc(N(c4ccccc4)c4ccc(C#N)cc4)ccc2n3-c2ccc(-c3ccc(-c4cc(-c5ccccc5)nc(-c5ccccc5)n4)c(C#N)c3)cc2)cc1. The second-order valence-corrected chi connectivity index (χ2v) is 18.0. The van der Waals surface area contributed by atoms with Crippen molar-refractivity contribution in [2.45, 2.75) is 0 Å². The quantitative estimate of drug-likeness (QED) is 0.120. The van der Waals surface area contributed by atoms with Crippen molar-refractivity contribution >= 4 is 61.6 Å². The van der Waals surface area contributed by atoms with Gasteiger partial charge in [-0.15, -0.1) is 0 Å². The summed E-state index contributed by atoms with van der Waals surface area (Å²) < 4.78 is 2.31. The zero-order valence-electron chi connectivity index (χ0n) is 40.3. The van der Waals surface area contributed by atoms with Crippen molar-refractivity contribution in [3.05, 3.63) is 277 Å². The van der Waals surface area contributed by atoms with Crippen molar-refractivity contribution < 1.29 is 0 Å². The van der Waals surface area contributed by atoms with Crippen LogP contribution in [0.2, 0.25) is 0 Å². The zero-order chi connectivity index (χ0) is 50.7. The van der Waals surface area contributed by atoms with Gasteiger partial charge in [-0.2, -0.15) is 10.5 Å². The lowest BCUT2D eigenvalue weighted by Crippen LogP contribution is -2.09. The molecule has 10 aromatic carbocycles. The monoisotopic (exact) mass is 958 g/mol. The van der Waals surface area contributed by atoms with Crippen LogP contribution in [0.4, 0.5) is 39.8 Å². The van der Waals surface area contributed by atoms with Crippen LogP contribution in [0.15, 0.2) is 255 Å². The molecule has 8 heteroatoms. The fourth-order valence-electron chi connectivity index (χ4n) is 9.87. The van der Waals surface area contributed by atoms with Crippen molar-refractivity contribution in [3.8, 4) is 62.9 Å². The Morgan fingerprint density at radius 2 is 0.880 bits per heavy atom. The van der Waals surface area contributed by atoms with Crippen LogP contribution in [0.5, 0.6) is 0 Å². The minimum Gasteiger partial charge on any atom is -0.311 e. The van der Waals surface area contributed by atoms with Gasteiger partial charge in [-0.3, -0.25) is 0 Å². The van der Waals surface area contributed by atoms with Gasteiger partial charge < -0.3 is 14.4 Å². The molecule has 0 N–H and O–H groups in total. The van der Waals surface area contributed by atoms with Crippen LogP contribution in [0.3, 0.4) is 0 Å². The van der Waals surface area contributed by atoms with Crippen molar-refractivity contribution in [3.63, 3.8) is 0 Å². The van der Waals surface area contributed by atoms with Crippen LogP contribution >= 0.6 is 0 Å². The van der Waals surface area contributed by atoms with Gasteiger partial charge in [0, 0.05) is 67.3 Å². The number of aromatic nitrogens is 3. The van der Waals surface area contributed by atoms with Crippen LogP contribution in [0, 0.1) is 29.2 Å². The van der Waals surface area contributed by atoms with Gasteiger partial charge in [0.15, 0.2) is 11.5 Å². The summed E-state index contributed by atoms with van der Waals surface area (Å²) in [6.07, 6.45) is 0. The standard InChI is InChI=1S/C67H42N8/c1-70-52-27-33-56(34-28-52)74(54-20-12-5-13-21-54)59-36-39-66-62(42-59)61-41-58(73(53-18-10-4-11-19-53)55-29-22-46(44-68)23-30-55)35-38-65(61)75(66)57-31-24-47(25-32-57)50-26-37-60(51(40-50)45-69)64-43-63(48-14-6-2-7-15-48)71-67(72-64)49-16-8-3-9-17-49/h2-43H. The maximum absolute atomic E-state index is 10.7. The van der Waals surface area contributed by atoms with Crippen molar-refractivity contribution in [1.29, 1.82) is 10.5 Å². The largest absolute Gasteiger partial charge is 0.311 e. The lowest BCUT2D eigenvalue weighted by molar-refractivity contribution is 1.18. The Bertz CT molecular complexity index is 3960. The number of nitrogens with zero attached hydrogens (tertiary/aromatic N) is 8. The molecule has 0 aliphatic rings. The summed E-state index contributed by atoms with van der Waals surface area (Å²) in [5.41, 5.74) is 16.4. The topological polar surface area (TPSA) is 89.1 Å². The molecule has 0 amide bonds. The normalized spacial score (nSPS) is 10.9. The summed E-state index contributed by atoms with van der Waals surface area (Å²) in [5, 5.41) is 22.4. The Morgan fingerprint density at radius 1 is 0.400 bits per heavy atom. The first kappa shape index (κ1) is 45.3. The lowest BCUT2D eigenvalue weighted by Gasteiger charge is -2.26. The summed E-state index contributed by atoms with van der Waals surface area (Å²) in [5.74, 6) is 0.591. The second kappa shape index (κ2) is 19.7. The first-order valence-electron chi connectivity index (χ1n) is 24.4. The number of nitriles is 2. The van der Waals surface area contributed by atoms with E-state index in [9.17, 15) is 10.5 Å². The van der Waals surface area contributed by atoms with E-state index in [2.05, 4.69) is 122 Å². The maximum Gasteiger partial charge on any atom is 0.187 e. The van der Waals surface area contributed by atoms with Crippen molar-refractivity contribution in [2.75, 3.05) is 9.80 Å². The Kier molecular flexibility index (Phi) is 11.9. The zero-order valence-corrected chi connectivity index (χ0v) is 40.3. The van der Waals surface area contributed by atoms with E-state index in [0.29, 0.717) is 28.3 Å². The number of anilines is 6. The van der Waals surface area contributed by atoms with E-state index in [1.54, 1.807) is 0 Å². The fourth-order valence-corrected chi connectivity index (χ4v) is 9.87. The van der Waals surface area contributed by atoms with Gasteiger partial charge >= 0.3 is 0 Å². The molecule has 0 unspecified atom stereocenters. The van der Waals surface area contributed by atoms with Crippen molar-refractivity contribution in [2.24, 2.45) is 0 Å². The predicted octanol–water partition coefficient (Wildman–Crippen LogP) is 17.5. The molecule has 0 spiro atoms. The molecule has 12 aromatic rings. The minimum absolute atomic E-state index is 0.514. The maximum atomic E-state index is 10.7. The third-order valence-corrected chi connectivity index (χ3v) is 13.5. The number of hydrogen-bond donors (Lipinski definition) is 0. The molecule has 0 radical (unpaired) electrons. The van der Waals surface area contributed by atoms with Crippen LogP contribution in [-0.4, -0.2) is 14.5 Å². The Morgan fingerprint density at radius 3 is 1.41 bits per heavy atom. The predicted molar refractivity (Wildman–Crippen MR) is 303 cm³/mol. The Balaban J connectivity index is 0.981. The molecule has 0 saturated heterocycles. The molecule has 75 heavy (non-hydrogen) atoms. The van der Waals surface area contributed by atoms with Gasteiger partial charge in [-0.1, -0.05) is 133 Å². The molecule has 350 valence electrons. The number of para-hydroxylation sites is 2. The van der Waals surface area contributed by atoms with E-state index < -0.39 is 0 Å². The van der Waals surface area contributed by atoms with E-state index in [4.69, 9.17) is 16.5 Å². The van der Waals surface area contributed by atoms with E-state index >= 15 is 0 Å².